The van der Waals surface area contributed by atoms with Crippen LogP contribution in [-0.2, 0) is 0 Å². The summed E-state index contributed by atoms with van der Waals surface area (Å²) in [4.78, 5) is 0. The molecule has 0 spiro atoms. The molecule has 0 saturated carbocycles. The highest BCUT2D eigenvalue weighted by Crippen LogP contribution is 2.31. The van der Waals surface area contributed by atoms with E-state index in [0.29, 0.717) is 0 Å². The summed E-state index contributed by atoms with van der Waals surface area (Å²) in [6.45, 7) is 0. The van der Waals surface area contributed by atoms with Crippen molar-refractivity contribution in [2.24, 2.45) is 0 Å². The number of rotatable bonds is 2. The number of phenols is 2. The van der Waals surface area contributed by atoms with E-state index in [-0.39, 0.29) is 11.5 Å². The van der Waals surface area contributed by atoms with Gasteiger partial charge in [-0.05, 0) is 35.4 Å². The maximum absolute atomic E-state index is 9.39. The molecule has 0 amide bonds. The fourth-order valence-corrected chi connectivity index (χ4v) is 1.49. The maximum Gasteiger partial charge on any atom is 0.158 e. The Balaban J connectivity index is 2.38. The quantitative estimate of drug-likeness (QED) is 0.759. The Kier molecular flexibility index (Phi) is 2.68. The minimum Gasteiger partial charge on any atom is -0.504 e. The van der Waals surface area contributed by atoms with E-state index in [2.05, 4.69) is 0 Å². The molecule has 2 rings (SSSR count). The topological polar surface area (TPSA) is 49.7 Å². The highest BCUT2D eigenvalue weighted by Gasteiger charge is 2.02. The first-order valence-electron chi connectivity index (χ1n) is 4.87. The van der Waals surface area contributed by atoms with Crippen LogP contribution >= 0.6 is 0 Å². The molecular formula is C13H12O3. The van der Waals surface area contributed by atoms with E-state index in [0.717, 1.165) is 16.9 Å². The van der Waals surface area contributed by atoms with E-state index >= 15 is 0 Å². The van der Waals surface area contributed by atoms with Crippen LogP contribution in [0.25, 0.3) is 11.1 Å². The fourth-order valence-electron chi connectivity index (χ4n) is 1.49. The molecule has 0 heterocycles. The molecule has 2 aromatic rings. The number of methoxy groups -OCH3 is 1. The first-order valence-corrected chi connectivity index (χ1v) is 4.87. The lowest BCUT2D eigenvalue weighted by atomic mass is 10.1. The fraction of sp³-hybridized carbons (Fsp3) is 0.0769. The second kappa shape index (κ2) is 4.14. The van der Waals surface area contributed by atoms with E-state index < -0.39 is 0 Å². The standard InChI is InChI=1S/C13H12O3/c1-16-11-5-2-9(3-6-11)10-4-7-12(14)13(15)8-10/h2-8,14-15H,1H3. The zero-order chi connectivity index (χ0) is 11.5. The van der Waals surface area contributed by atoms with Crippen molar-refractivity contribution in [3.63, 3.8) is 0 Å². The minimum atomic E-state index is -0.117. The normalized spacial score (nSPS) is 10.1. The summed E-state index contributed by atoms with van der Waals surface area (Å²) in [5, 5.41) is 18.6. The molecule has 2 aromatic carbocycles. The molecule has 0 saturated heterocycles. The van der Waals surface area contributed by atoms with Gasteiger partial charge in [-0.25, -0.2) is 0 Å². The molecule has 2 N–H and O–H groups in total. The predicted octanol–water partition coefficient (Wildman–Crippen LogP) is 2.77. The molecule has 3 nitrogen and oxygen atoms in total. The molecule has 0 atom stereocenters. The van der Waals surface area contributed by atoms with E-state index in [1.165, 1.54) is 12.1 Å². The van der Waals surface area contributed by atoms with Crippen LogP contribution in [-0.4, -0.2) is 17.3 Å². The number of benzene rings is 2. The van der Waals surface area contributed by atoms with Gasteiger partial charge in [0.25, 0.3) is 0 Å². The van der Waals surface area contributed by atoms with Gasteiger partial charge in [-0.15, -0.1) is 0 Å². The van der Waals surface area contributed by atoms with E-state index in [4.69, 9.17) is 4.74 Å². The van der Waals surface area contributed by atoms with Crippen LogP contribution in [0.3, 0.4) is 0 Å². The monoisotopic (exact) mass is 216 g/mol. The largest absolute Gasteiger partial charge is 0.504 e. The van der Waals surface area contributed by atoms with Gasteiger partial charge in [-0.2, -0.15) is 0 Å². The molecule has 0 aromatic heterocycles. The molecule has 82 valence electrons. The Morgan fingerprint density at radius 1 is 0.812 bits per heavy atom. The van der Waals surface area contributed by atoms with Crippen molar-refractivity contribution in [2.75, 3.05) is 7.11 Å². The molecule has 0 fully saturated rings. The minimum absolute atomic E-state index is 0.114. The smallest absolute Gasteiger partial charge is 0.158 e. The lowest BCUT2D eigenvalue weighted by Crippen LogP contribution is -1.82. The molecule has 0 aliphatic rings. The second-order valence-corrected chi connectivity index (χ2v) is 3.43. The van der Waals surface area contributed by atoms with E-state index in [1.807, 2.05) is 24.3 Å². The molecule has 0 aliphatic heterocycles. The third-order valence-electron chi connectivity index (χ3n) is 2.40. The highest BCUT2D eigenvalue weighted by atomic mass is 16.5. The summed E-state index contributed by atoms with van der Waals surface area (Å²) in [5.74, 6) is 0.553. The Bertz CT molecular complexity index is 489. The van der Waals surface area contributed by atoms with Crippen molar-refractivity contribution in [2.45, 2.75) is 0 Å². The summed E-state index contributed by atoms with van der Waals surface area (Å²) in [7, 11) is 1.61. The lowest BCUT2D eigenvalue weighted by molar-refractivity contribution is 0.404. The maximum atomic E-state index is 9.39. The molecule has 0 unspecified atom stereocenters. The van der Waals surface area contributed by atoms with Gasteiger partial charge in [0.05, 0.1) is 7.11 Å². The van der Waals surface area contributed by atoms with Crippen LogP contribution in [0.2, 0.25) is 0 Å². The van der Waals surface area contributed by atoms with Gasteiger partial charge in [-0.1, -0.05) is 18.2 Å². The molecule has 0 aliphatic carbocycles. The van der Waals surface area contributed by atoms with Crippen molar-refractivity contribution >= 4 is 0 Å². The van der Waals surface area contributed by atoms with Crippen LogP contribution in [0, 0.1) is 0 Å². The van der Waals surface area contributed by atoms with Gasteiger partial charge in [0.15, 0.2) is 11.5 Å². The van der Waals surface area contributed by atoms with Gasteiger partial charge in [-0.3, -0.25) is 0 Å². The number of phenolic OH excluding ortho intramolecular Hbond substituents is 2. The molecule has 16 heavy (non-hydrogen) atoms. The lowest BCUT2D eigenvalue weighted by Gasteiger charge is -2.05. The summed E-state index contributed by atoms with van der Waals surface area (Å²) in [5.41, 5.74) is 1.80. The van der Waals surface area contributed by atoms with Crippen molar-refractivity contribution in [3.8, 4) is 28.4 Å². The SMILES string of the molecule is COc1ccc(-c2ccc(O)c(O)c2)cc1. The summed E-state index contributed by atoms with van der Waals surface area (Å²) in [6.07, 6.45) is 0. The van der Waals surface area contributed by atoms with Gasteiger partial charge in [0.2, 0.25) is 0 Å². The summed E-state index contributed by atoms with van der Waals surface area (Å²) in [6, 6.07) is 12.2. The van der Waals surface area contributed by atoms with Gasteiger partial charge in [0.1, 0.15) is 5.75 Å². The van der Waals surface area contributed by atoms with Crippen molar-refractivity contribution in [1.29, 1.82) is 0 Å². The van der Waals surface area contributed by atoms with Crippen LogP contribution in [0.15, 0.2) is 42.5 Å². The van der Waals surface area contributed by atoms with Gasteiger partial charge < -0.3 is 14.9 Å². The average molecular weight is 216 g/mol. The number of aromatic hydroxyl groups is 2. The zero-order valence-electron chi connectivity index (χ0n) is 8.84. The molecule has 3 heteroatoms. The van der Waals surface area contributed by atoms with E-state index in [9.17, 15) is 10.2 Å². The van der Waals surface area contributed by atoms with Crippen LogP contribution in [0.1, 0.15) is 0 Å². The van der Waals surface area contributed by atoms with Crippen LogP contribution in [0.4, 0.5) is 0 Å². The first-order chi connectivity index (χ1) is 7.70. The second-order valence-electron chi connectivity index (χ2n) is 3.43. The predicted molar refractivity (Wildman–Crippen MR) is 61.8 cm³/mol. The third kappa shape index (κ3) is 1.93. The van der Waals surface area contributed by atoms with Gasteiger partial charge in [0, 0.05) is 0 Å². The first kappa shape index (κ1) is 10.4. The number of hydrogen-bond donors (Lipinski definition) is 2. The Morgan fingerprint density at radius 2 is 1.44 bits per heavy atom. The Labute approximate surface area is 93.6 Å². The van der Waals surface area contributed by atoms with Crippen molar-refractivity contribution < 1.29 is 14.9 Å². The van der Waals surface area contributed by atoms with Crippen LogP contribution < -0.4 is 4.74 Å². The average Bonchev–Trinajstić information content (AvgIpc) is 2.33. The Morgan fingerprint density at radius 3 is 2.00 bits per heavy atom. The highest BCUT2D eigenvalue weighted by molar-refractivity contribution is 5.67. The third-order valence-corrected chi connectivity index (χ3v) is 2.40. The van der Waals surface area contributed by atoms with Crippen molar-refractivity contribution in [1.82, 2.24) is 0 Å². The molecule has 0 radical (unpaired) electrons. The number of ether oxygens (including phenoxy) is 1. The van der Waals surface area contributed by atoms with Gasteiger partial charge >= 0.3 is 0 Å². The van der Waals surface area contributed by atoms with E-state index in [1.54, 1.807) is 13.2 Å². The zero-order valence-corrected chi connectivity index (χ0v) is 8.84. The molecule has 0 bridgehead atoms. The van der Waals surface area contributed by atoms with Crippen LogP contribution in [0.5, 0.6) is 17.2 Å². The Hall–Kier alpha value is -2.16. The summed E-state index contributed by atoms with van der Waals surface area (Å²) >= 11 is 0. The summed E-state index contributed by atoms with van der Waals surface area (Å²) < 4.78 is 5.06. The number of hydrogen-bond acceptors (Lipinski definition) is 3. The molecular weight excluding hydrogens is 204 g/mol. The van der Waals surface area contributed by atoms with Crippen molar-refractivity contribution in [3.05, 3.63) is 42.5 Å².